The highest BCUT2D eigenvalue weighted by Gasteiger charge is 2.20. The molecule has 134 valence electrons. The number of sulfonamides is 1. The molecule has 0 aromatic heterocycles. The summed E-state index contributed by atoms with van der Waals surface area (Å²) in [6.07, 6.45) is 0. The van der Waals surface area contributed by atoms with Gasteiger partial charge in [0.15, 0.2) is 0 Å². The van der Waals surface area contributed by atoms with Gasteiger partial charge < -0.3 is 5.32 Å². The van der Waals surface area contributed by atoms with Gasteiger partial charge >= 0.3 is 0 Å². The van der Waals surface area contributed by atoms with Crippen molar-refractivity contribution in [1.82, 2.24) is 10.0 Å². The normalized spacial score (nSPS) is 12.7. The summed E-state index contributed by atoms with van der Waals surface area (Å²) < 4.78 is 52.7. The summed E-state index contributed by atoms with van der Waals surface area (Å²) in [5, 5.41) is 2.49. The molecule has 0 bridgehead atoms. The standard InChI is InChI=1S/C16H15ClF2N2O3S/c1-9(12-5-4-11(18)8-14(12)19)21-16(22)10-3-6-13(17)15(7-10)25(23,24)20-2/h3-9,20H,1-2H3,(H,21,22)/t9-/m1/s1. The van der Waals surface area contributed by atoms with Gasteiger partial charge in [0.05, 0.1) is 11.1 Å². The summed E-state index contributed by atoms with van der Waals surface area (Å²) >= 11 is 5.87. The van der Waals surface area contributed by atoms with E-state index >= 15 is 0 Å². The van der Waals surface area contributed by atoms with Gasteiger partial charge in [-0.1, -0.05) is 17.7 Å². The summed E-state index contributed by atoms with van der Waals surface area (Å²) in [5.74, 6) is -2.14. The molecule has 0 unspecified atom stereocenters. The molecule has 0 radical (unpaired) electrons. The molecule has 2 aromatic carbocycles. The Hall–Kier alpha value is -2.03. The van der Waals surface area contributed by atoms with Crippen molar-refractivity contribution >= 4 is 27.5 Å². The summed E-state index contributed by atoms with van der Waals surface area (Å²) in [7, 11) is -2.62. The van der Waals surface area contributed by atoms with E-state index in [4.69, 9.17) is 11.6 Å². The average Bonchev–Trinajstić information content (AvgIpc) is 2.54. The molecule has 1 amide bonds. The first-order chi connectivity index (χ1) is 11.7. The second-order valence-corrected chi connectivity index (χ2v) is 7.48. The molecule has 25 heavy (non-hydrogen) atoms. The average molecular weight is 389 g/mol. The number of amides is 1. The lowest BCUT2D eigenvalue weighted by Crippen LogP contribution is -2.28. The van der Waals surface area contributed by atoms with Gasteiger partial charge in [0.25, 0.3) is 5.91 Å². The van der Waals surface area contributed by atoms with E-state index in [1.54, 1.807) is 0 Å². The Morgan fingerprint density at radius 1 is 1.16 bits per heavy atom. The second kappa shape index (κ2) is 7.47. The summed E-state index contributed by atoms with van der Waals surface area (Å²) in [5.41, 5.74) is 0.138. The molecule has 0 saturated heterocycles. The van der Waals surface area contributed by atoms with Crippen LogP contribution in [0.3, 0.4) is 0 Å². The third-order valence-electron chi connectivity index (χ3n) is 3.53. The number of halogens is 3. The number of benzene rings is 2. The minimum atomic E-state index is -3.84. The molecular formula is C16H15ClF2N2O3S. The van der Waals surface area contributed by atoms with Crippen LogP contribution in [-0.4, -0.2) is 21.4 Å². The number of carbonyl (C=O) groups excluding carboxylic acids is 1. The van der Waals surface area contributed by atoms with Crippen molar-refractivity contribution in [2.45, 2.75) is 17.9 Å². The van der Waals surface area contributed by atoms with E-state index in [-0.39, 0.29) is 21.0 Å². The Morgan fingerprint density at radius 3 is 2.44 bits per heavy atom. The molecule has 0 heterocycles. The van der Waals surface area contributed by atoms with E-state index < -0.39 is 33.6 Å². The zero-order valence-corrected chi connectivity index (χ0v) is 14.9. The molecule has 0 aliphatic heterocycles. The van der Waals surface area contributed by atoms with Crippen LogP contribution in [-0.2, 0) is 10.0 Å². The van der Waals surface area contributed by atoms with E-state index in [0.717, 1.165) is 18.2 Å². The van der Waals surface area contributed by atoms with Crippen molar-refractivity contribution in [3.05, 3.63) is 64.2 Å². The van der Waals surface area contributed by atoms with Crippen LogP contribution in [0.5, 0.6) is 0 Å². The number of nitrogens with one attached hydrogen (secondary N) is 2. The molecular weight excluding hydrogens is 374 g/mol. The van der Waals surface area contributed by atoms with Crippen LogP contribution in [0.2, 0.25) is 5.02 Å². The van der Waals surface area contributed by atoms with E-state index in [1.807, 2.05) is 0 Å². The quantitative estimate of drug-likeness (QED) is 0.826. The Bertz CT molecular complexity index is 920. The van der Waals surface area contributed by atoms with Gasteiger partial charge in [-0.3, -0.25) is 4.79 Å². The molecule has 5 nitrogen and oxygen atoms in total. The maximum absolute atomic E-state index is 13.8. The molecule has 2 rings (SSSR count). The second-order valence-electron chi connectivity index (χ2n) is 5.21. The lowest BCUT2D eigenvalue weighted by molar-refractivity contribution is 0.0939. The van der Waals surface area contributed by atoms with E-state index in [1.165, 1.54) is 32.2 Å². The van der Waals surface area contributed by atoms with Crippen molar-refractivity contribution in [3.63, 3.8) is 0 Å². The van der Waals surface area contributed by atoms with Crippen molar-refractivity contribution in [2.24, 2.45) is 0 Å². The summed E-state index contributed by atoms with van der Waals surface area (Å²) in [6, 6.07) is 6.03. The fourth-order valence-corrected chi connectivity index (χ4v) is 3.42. The highest BCUT2D eigenvalue weighted by Crippen LogP contribution is 2.23. The van der Waals surface area contributed by atoms with Crippen molar-refractivity contribution < 1.29 is 22.0 Å². The molecule has 0 aliphatic carbocycles. The van der Waals surface area contributed by atoms with Gasteiger partial charge in [-0.15, -0.1) is 0 Å². The maximum Gasteiger partial charge on any atom is 0.251 e. The molecule has 0 fully saturated rings. The topological polar surface area (TPSA) is 75.3 Å². The Morgan fingerprint density at radius 2 is 1.84 bits per heavy atom. The van der Waals surface area contributed by atoms with E-state index in [0.29, 0.717) is 0 Å². The zero-order valence-electron chi connectivity index (χ0n) is 13.3. The fourth-order valence-electron chi connectivity index (χ4n) is 2.17. The largest absolute Gasteiger partial charge is 0.345 e. The molecule has 0 spiro atoms. The van der Waals surface area contributed by atoms with Gasteiger partial charge in [0, 0.05) is 17.2 Å². The molecule has 0 aliphatic rings. The molecule has 2 aromatic rings. The van der Waals surface area contributed by atoms with Gasteiger partial charge in [-0.25, -0.2) is 21.9 Å². The van der Waals surface area contributed by atoms with Crippen LogP contribution in [0.15, 0.2) is 41.3 Å². The molecule has 9 heteroatoms. The Kier molecular flexibility index (Phi) is 5.76. The first kappa shape index (κ1) is 19.3. The van der Waals surface area contributed by atoms with Crippen LogP contribution >= 0.6 is 11.6 Å². The zero-order chi connectivity index (χ0) is 18.8. The van der Waals surface area contributed by atoms with Crippen LogP contribution < -0.4 is 10.0 Å². The first-order valence-electron chi connectivity index (χ1n) is 7.14. The molecule has 1 atom stereocenters. The van der Waals surface area contributed by atoms with Crippen LogP contribution in [0.1, 0.15) is 28.9 Å². The highest BCUT2D eigenvalue weighted by molar-refractivity contribution is 7.89. The van der Waals surface area contributed by atoms with Crippen molar-refractivity contribution in [2.75, 3.05) is 7.05 Å². The first-order valence-corrected chi connectivity index (χ1v) is 9.00. The number of carbonyl (C=O) groups is 1. The van der Waals surface area contributed by atoms with Gasteiger partial charge in [0.2, 0.25) is 10.0 Å². The van der Waals surface area contributed by atoms with Crippen LogP contribution in [0, 0.1) is 11.6 Å². The third-order valence-corrected chi connectivity index (χ3v) is 5.42. The third kappa shape index (κ3) is 4.33. The SMILES string of the molecule is CNS(=O)(=O)c1cc(C(=O)N[C@H](C)c2ccc(F)cc2F)ccc1Cl. The highest BCUT2D eigenvalue weighted by atomic mass is 35.5. The number of hydrogen-bond donors (Lipinski definition) is 2. The Balaban J connectivity index is 2.28. The van der Waals surface area contributed by atoms with Crippen LogP contribution in [0.25, 0.3) is 0 Å². The van der Waals surface area contributed by atoms with Gasteiger partial charge in [-0.2, -0.15) is 0 Å². The van der Waals surface area contributed by atoms with Crippen molar-refractivity contribution in [3.8, 4) is 0 Å². The van der Waals surface area contributed by atoms with E-state index in [2.05, 4.69) is 10.0 Å². The smallest absolute Gasteiger partial charge is 0.251 e. The van der Waals surface area contributed by atoms with Crippen molar-refractivity contribution in [1.29, 1.82) is 0 Å². The predicted octanol–water partition coefficient (Wildman–Crippen LogP) is 3.02. The van der Waals surface area contributed by atoms with Gasteiger partial charge in [0.1, 0.15) is 16.5 Å². The lowest BCUT2D eigenvalue weighted by Gasteiger charge is -2.16. The predicted molar refractivity (Wildman–Crippen MR) is 89.9 cm³/mol. The fraction of sp³-hybridized carbons (Fsp3) is 0.188. The monoisotopic (exact) mass is 388 g/mol. The summed E-state index contributed by atoms with van der Waals surface area (Å²) in [6.45, 7) is 1.52. The van der Waals surface area contributed by atoms with Gasteiger partial charge in [-0.05, 0) is 38.2 Å². The minimum absolute atomic E-state index is 0.0348. The molecule has 0 saturated carbocycles. The van der Waals surface area contributed by atoms with Crippen LogP contribution in [0.4, 0.5) is 8.78 Å². The number of hydrogen-bond acceptors (Lipinski definition) is 3. The number of rotatable bonds is 5. The minimum Gasteiger partial charge on any atom is -0.345 e. The lowest BCUT2D eigenvalue weighted by atomic mass is 10.1. The Labute approximate surface area is 149 Å². The summed E-state index contributed by atoms with van der Waals surface area (Å²) in [4.78, 5) is 12.1. The maximum atomic E-state index is 13.8. The van der Waals surface area contributed by atoms with E-state index in [9.17, 15) is 22.0 Å². The molecule has 2 N–H and O–H groups in total.